The summed E-state index contributed by atoms with van der Waals surface area (Å²) in [6.45, 7) is 5.99. The SMILES string of the molecule is Cc1ccc([C@@H](C(=O)NC2CCCC2)N(C(=O)c2csnn2)c2cccc(C)c2C)cc1. The number of hydrogen-bond acceptors (Lipinski definition) is 5. The molecular weight excluding hydrogens is 420 g/mol. The van der Waals surface area contributed by atoms with Crippen LogP contribution in [0.4, 0.5) is 5.69 Å². The molecule has 0 unspecified atom stereocenters. The van der Waals surface area contributed by atoms with Crippen molar-refractivity contribution in [3.8, 4) is 0 Å². The summed E-state index contributed by atoms with van der Waals surface area (Å²) in [7, 11) is 0. The fourth-order valence-electron chi connectivity index (χ4n) is 4.26. The maximum absolute atomic E-state index is 13.7. The topological polar surface area (TPSA) is 75.2 Å². The quantitative estimate of drug-likeness (QED) is 0.581. The third-order valence-corrected chi connectivity index (χ3v) is 6.74. The second kappa shape index (κ2) is 9.61. The number of nitrogens with zero attached hydrogens (tertiary/aromatic N) is 3. The van der Waals surface area contributed by atoms with Crippen LogP contribution in [0.5, 0.6) is 0 Å². The number of carbonyl (C=O) groups is 2. The number of aromatic nitrogens is 2. The molecule has 4 rings (SSSR count). The van der Waals surface area contributed by atoms with E-state index in [0.29, 0.717) is 5.69 Å². The standard InChI is InChI=1S/C25H28N4O2S/c1-16-11-13-19(14-12-16)23(24(30)26-20-8-4-5-9-20)29(25(31)21-15-32-28-27-21)22-10-6-7-17(2)18(22)3/h6-7,10-15,20,23H,4-5,8-9H2,1-3H3,(H,26,30)/t23-/m0/s1. The van der Waals surface area contributed by atoms with Gasteiger partial charge in [-0.2, -0.15) is 0 Å². The zero-order valence-electron chi connectivity index (χ0n) is 18.7. The average Bonchev–Trinajstić information content (AvgIpc) is 3.49. The summed E-state index contributed by atoms with van der Waals surface area (Å²) in [5, 5.41) is 8.85. The van der Waals surface area contributed by atoms with Gasteiger partial charge in [0.15, 0.2) is 5.69 Å². The van der Waals surface area contributed by atoms with E-state index in [1.54, 1.807) is 10.3 Å². The molecular formula is C25H28N4O2S. The third kappa shape index (κ3) is 4.58. The Morgan fingerprint density at radius 2 is 1.78 bits per heavy atom. The van der Waals surface area contributed by atoms with Gasteiger partial charge in [-0.05, 0) is 67.9 Å². The van der Waals surface area contributed by atoms with Crippen molar-refractivity contribution in [3.63, 3.8) is 0 Å². The lowest BCUT2D eigenvalue weighted by Crippen LogP contribution is -2.46. The normalized spacial score (nSPS) is 14.8. The molecule has 32 heavy (non-hydrogen) atoms. The van der Waals surface area contributed by atoms with Crippen LogP contribution in [0, 0.1) is 20.8 Å². The van der Waals surface area contributed by atoms with Crippen molar-refractivity contribution in [1.82, 2.24) is 14.9 Å². The van der Waals surface area contributed by atoms with Gasteiger partial charge in [0, 0.05) is 17.1 Å². The highest BCUT2D eigenvalue weighted by molar-refractivity contribution is 7.03. The van der Waals surface area contributed by atoms with Gasteiger partial charge in [-0.25, -0.2) is 0 Å². The van der Waals surface area contributed by atoms with Crippen molar-refractivity contribution in [2.45, 2.75) is 58.5 Å². The molecule has 0 saturated heterocycles. The number of nitrogens with one attached hydrogen (secondary N) is 1. The Labute approximate surface area is 192 Å². The average molecular weight is 449 g/mol. The fraction of sp³-hybridized carbons (Fsp3) is 0.360. The summed E-state index contributed by atoms with van der Waals surface area (Å²) in [6, 6.07) is 13.0. The molecule has 1 aliphatic rings. The molecule has 0 radical (unpaired) electrons. The van der Waals surface area contributed by atoms with E-state index >= 15 is 0 Å². The van der Waals surface area contributed by atoms with Crippen LogP contribution in [0.1, 0.15) is 64.5 Å². The van der Waals surface area contributed by atoms with Crippen molar-refractivity contribution >= 4 is 29.0 Å². The van der Waals surface area contributed by atoms with Crippen LogP contribution in [0.2, 0.25) is 0 Å². The maximum atomic E-state index is 13.7. The Morgan fingerprint density at radius 3 is 2.44 bits per heavy atom. The van der Waals surface area contributed by atoms with Gasteiger partial charge in [0.05, 0.1) is 0 Å². The van der Waals surface area contributed by atoms with Crippen molar-refractivity contribution in [2.24, 2.45) is 0 Å². The minimum atomic E-state index is -0.814. The Hall–Kier alpha value is -3.06. The number of anilines is 1. The predicted octanol–water partition coefficient (Wildman–Crippen LogP) is 4.91. The van der Waals surface area contributed by atoms with E-state index in [4.69, 9.17) is 0 Å². The molecule has 3 aromatic rings. The second-order valence-corrected chi connectivity index (χ2v) is 9.10. The molecule has 0 spiro atoms. The molecule has 1 aromatic heterocycles. The Bertz CT molecular complexity index is 1090. The van der Waals surface area contributed by atoms with Crippen molar-refractivity contribution in [2.75, 3.05) is 4.90 Å². The first-order valence-electron chi connectivity index (χ1n) is 11.0. The van der Waals surface area contributed by atoms with E-state index in [9.17, 15) is 9.59 Å². The van der Waals surface area contributed by atoms with E-state index in [0.717, 1.165) is 59.5 Å². The lowest BCUT2D eigenvalue weighted by molar-refractivity contribution is -0.123. The van der Waals surface area contributed by atoms with Gasteiger partial charge in [0.25, 0.3) is 5.91 Å². The van der Waals surface area contributed by atoms with Crippen LogP contribution in [-0.2, 0) is 4.79 Å². The van der Waals surface area contributed by atoms with Gasteiger partial charge in [0.2, 0.25) is 5.91 Å². The molecule has 7 heteroatoms. The van der Waals surface area contributed by atoms with Crippen molar-refractivity contribution in [3.05, 3.63) is 75.8 Å². The van der Waals surface area contributed by atoms with Crippen LogP contribution < -0.4 is 10.2 Å². The minimum absolute atomic E-state index is 0.145. The zero-order valence-corrected chi connectivity index (χ0v) is 19.5. The second-order valence-electron chi connectivity index (χ2n) is 8.49. The van der Waals surface area contributed by atoms with Crippen LogP contribution in [0.15, 0.2) is 47.8 Å². The van der Waals surface area contributed by atoms with Gasteiger partial charge >= 0.3 is 0 Å². The largest absolute Gasteiger partial charge is 0.351 e. The molecule has 1 saturated carbocycles. The molecule has 2 aromatic carbocycles. The summed E-state index contributed by atoms with van der Waals surface area (Å²) in [5.41, 5.74) is 4.81. The molecule has 0 aliphatic heterocycles. The summed E-state index contributed by atoms with van der Waals surface area (Å²) in [6.07, 6.45) is 4.17. The molecule has 1 heterocycles. The third-order valence-electron chi connectivity index (χ3n) is 6.23. The lowest BCUT2D eigenvalue weighted by Gasteiger charge is -2.33. The van der Waals surface area contributed by atoms with Crippen LogP contribution >= 0.6 is 11.5 Å². The lowest BCUT2D eigenvalue weighted by atomic mass is 9.98. The molecule has 1 aliphatic carbocycles. The summed E-state index contributed by atoms with van der Waals surface area (Å²) >= 11 is 1.12. The highest BCUT2D eigenvalue weighted by Gasteiger charge is 2.36. The number of carbonyl (C=O) groups excluding carboxylic acids is 2. The number of amides is 2. The van der Waals surface area contributed by atoms with Crippen molar-refractivity contribution in [1.29, 1.82) is 0 Å². The first-order chi connectivity index (χ1) is 15.5. The van der Waals surface area contributed by atoms with Crippen LogP contribution in [-0.4, -0.2) is 27.4 Å². The number of hydrogen-bond donors (Lipinski definition) is 1. The Kier molecular flexibility index (Phi) is 6.65. The van der Waals surface area contributed by atoms with Gasteiger partial charge in [-0.15, -0.1) is 5.10 Å². The van der Waals surface area contributed by atoms with E-state index in [1.165, 1.54) is 0 Å². The highest BCUT2D eigenvalue weighted by atomic mass is 32.1. The summed E-state index contributed by atoms with van der Waals surface area (Å²) in [5.74, 6) is -0.502. The summed E-state index contributed by atoms with van der Waals surface area (Å²) in [4.78, 5) is 29.1. The Balaban J connectivity index is 1.84. The van der Waals surface area contributed by atoms with Crippen LogP contribution in [0.25, 0.3) is 0 Å². The minimum Gasteiger partial charge on any atom is -0.351 e. The monoisotopic (exact) mass is 448 g/mol. The molecule has 6 nitrogen and oxygen atoms in total. The number of benzene rings is 2. The number of rotatable bonds is 6. The summed E-state index contributed by atoms with van der Waals surface area (Å²) < 4.78 is 3.87. The molecule has 1 atom stereocenters. The smallest absolute Gasteiger partial charge is 0.280 e. The predicted molar refractivity (Wildman–Crippen MR) is 127 cm³/mol. The van der Waals surface area contributed by atoms with Gasteiger partial charge in [0.1, 0.15) is 6.04 Å². The highest BCUT2D eigenvalue weighted by Crippen LogP contribution is 2.34. The molecule has 1 fully saturated rings. The molecule has 1 N–H and O–H groups in total. The molecule has 0 bridgehead atoms. The number of aryl methyl sites for hydroxylation is 2. The van der Waals surface area contributed by atoms with Gasteiger partial charge in [-0.1, -0.05) is 59.3 Å². The van der Waals surface area contributed by atoms with Gasteiger partial charge < -0.3 is 5.32 Å². The van der Waals surface area contributed by atoms with Crippen molar-refractivity contribution < 1.29 is 9.59 Å². The van der Waals surface area contributed by atoms with E-state index in [2.05, 4.69) is 14.9 Å². The van der Waals surface area contributed by atoms with Gasteiger partial charge in [-0.3, -0.25) is 14.5 Å². The maximum Gasteiger partial charge on any atom is 0.280 e. The van der Waals surface area contributed by atoms with E-state index in [-0.39, 0.29) is 23.6 Å². The van der Waals surface area contributed by atoms with Crippen LogP contribution in [0.3, 0.4) is 0 Å². The fourth-order valence-corrected chi connectivity index (χ4v) is 4.69. The van der Waals surface area contributed by atoms with E-state index < -0.39 is 6.04 Å². The first-order valence-corrected chi connectivity index (χ1v) is 11.8. The zero-order chi connectivity index (χ0) is 22.7. The first kappa shape index (κ1) is 22.1. The van der Waals surface area contributed by atoms with E-state index in [1.807, 2.05) is 63.2 Å². The molecule has 2 amide bonds. The molecule has 166 valence electrons. The Morgan fingerprint density at radius 1 is 1.06 bits per heavy atom.